The zero-order chi connectivity index (χ0) is 22.1. The van der Waals surface area contributed by atoms with E-state index < -0.39 is 12.1 Å². The minimum atomic E-state index is -0.739. The molecule has 31 heavy (non-hydrogen) atoms. The van der Waals surface area contributed by atoms with Gasteiger partial charge in [0.1, 0.15) is 5.75 Å². The fourth-order valence-corrected chi connectivity index (χ4v) is 3.50. The number of hydrazone groups is 1. The van der Waals surface area contributed by atoms with E-state index in [1.807, 2.05) is 31.2 Å². The zero-order valence-electron chi connectivity index (χ0n) is 17.5. The second kappa shape index (κ2) is 7.97. The Hall–Kier alpha value is -4.10. The number of rotatable bonds is 4. The lowest BCUT2D eigenvalue weighted by Crippen LogP contribution is -2.63. The van der Waals surface area contributed by atoms with E-state index in [-0.39, 0.29) is 11.7 Å². The predicted molar refractivity (Wildman–Crippen MR) is 117 cm³/mol. The van der Waals surface area contributed by atoms with Crippen LogP contribution in [0.1, 0.15) is 16.7 Å². The van der Waals surface area contributed by atoms with Gasteiger partial charge < -0.3 is 5.11 Å². The van der Waals surface area contributed by atoms with Crippen molar-refractivity contribution in [2.24, 2.45) is 5.10 Å². The number of carbonyl (C=O) groups is 2. The fraction of sp³-hybridized carbons (Fsp3) is 0.227. The molecule has 9 nitrogen and oxygen atoms in total. The van der Waals surface area contributed by atoms with E-state index in [0.29, 0.717) is 23.9 Å². The van der Waals surface area contributed by atoms with Crippen LogP contribution in [-0.2, 0) is 11.3 Å². The van der Waals surface area contributed by atoms with Gasteiger partial charge >= 0.3 is 17.8 Å². The number of amidine groups is 1. The molecule has 2 heterocycles. The zero-order valence-corrected chi connectivity index (χ0v) is 17.5. The number of nitrogens with zero attached hydrogens (tertiary/aromatic N) is 5. The van der Waals surface area contributed by atoms with Gasteiger partial charge in [0, 0.05) is 12.6 Å². The van der Waals surface area contributed by atoms with Gasteiger partial charge in [0.25, 0.3) is 5.91 Å². The number of nitrogens with one attached hydrogen (secondary N) is 1. The number of benzene rings is 2. The summed E-state index contributed by atoms with van der Waals surface area (Å²) in [5.41, 5.74) is 5.53. The van der Waals surface area contributed by atoms with Crippen LogP contribution in [0.4, 0.5) is 4.79 Å². The molecule has 1 saturated heterocycles. The molecular formula is C22H23N6O3+. The largest absolute Gasteiger partial charge is 0.507 e. The number of hydrogen-bond acceptors (Lipinski definition) is 6. The van der Waals surface area contributed by atoms with E-state index in [1.54, 1.807) is 36.2 Å². The normalized spacial score (nSPS) is 18.4. The second-order valence-electron chi connectivity index (χ2n) is 7.48. The molecule has 2 aromatic carbocycles. The highest BCUT2D eigenvalue weighted by Gasteiger charge is 2.54. The SMILES string of the molecule is Cc1ccc(CN2C(N/N=C/c3ccccc3O)=[N+]=C3C2C(=O)N(C)C(=O)N3C)cc1. The maximum Gasteiger partial charge on any atom is 0.421 e. The van der Waals surface area contributed by atoms with Gasteiger partial charge in [-0.2, -0.15) is 5.43 Å². The molecule has 0 aliphatic carbocycles. The number of aromatic hydroxyl groups is 1. The van der Waals surface area contributed by atoms with Gasteiger partial charge in [0.15, 0.2) is 0 Å². The summed E-state index contributed by atoms with van der Waals surface area (Å²) in [7, 11) is 3.05. The topological polar surface area (TPSA) is 103 Å². The molecule has 1 unspecified atom stereocenters. The number of imide groups is 1. The van der Waals surface area contributed by atoms with Gasteiger partial charge in [-0.3, -0.25) is 9.69 Å². The number of fused-ring (bicyclic) bond motifs is 1. The minimum absolute atomic E-state index is 0.100. The Bertz CT molecular complexity index is 1130. The molecule has 0 saturated carbocycles. The lowest BCUT2D eigenvalue weighted by Gasteiger charge is -2.31. The Morgan fingerprint density at radius 1 is 1.10 bits per heavy atom. The average Bonchev–Trinajstić information content (AvgIpc) is 3.12. The number of hydrogen-bond donors (Lipinski definition) is 2. The molecule has 0 radical (unpaired) electrons. The quantitative estimate of drug-likeness (QED) is 0.435. The maximum absolute atomic E-state index is 12.9. The molecule has 1 fully saturated rings. The van der Waals surface area contributed by atoms with Crippen LogP contribution in [0.25, 0.3) is 0 Å². The first-order chi connectivity index (χ1) is 14.9. The van der Waals surface area contributed by atoms with Gasteiger partial charge in [-0.05, 0) is 24.6 Å². The molecule has 2 aromatic rings. The number of urea groups is 1. The van der Waals surface area contributed by atoms with Crippen LogP contribution in [0, 0.1) is 6.92 Å². The van der Waals surface area contributed by atoms with Crippen molar-refractivity contribution in [1.82, 2.24) is 24.8 Å². The molecule has 9 heteroatoms. The molecule has 2 aliphatic rings. The third-order valence-corrected chi connectivity index (χ3v) is 5.31. The number of phenols is 1. The van der Waals surface area contributed by atoms with Gasteiger partial charge in [-0.1, -0.05) is 42.0 Å². The van der Waals surface area contributed by atoms with Gasteiger partial charge in [0.2, 0.25) is 6.04 Å². The minimum Gasteiger partial charge on any atom is -0.507 e. The second-order valence-corrected chi connectivity index (χ2v) is 7.48. The highest BCUT2D eigenvalue weighted by Crippen LogP contribution is 2.20. The lowest BCUT2D eigenvalue weighted by atomic mass is 10.1. The Balaban J connectivity index is 1.65. The Morgan fingerprint density at radius 2 is 1.81 bits per heavy atom. The molecule has 1 atom stereocenters. The van der Waals surface area contributed by atoms with Crippen molar-refractivity contribution in [3.63, 3.8) is 0 Å². The van der Waals surface area contributed by atoms with E-state index in [9.17, 15) is 14.7 Å². The molecule has 0 bridgehead atoms. The lowest BCUT2D eigenvalue weighted by molar-refractivity contribution is -0.130. The van der Waals surface area contributed by atoms with E-state index >= 15 is 0 Å². The summed E-state index contributed by atoms with van der Waals surface area (Å²) in [6.07, 6.45) is 1.47. The van der Waals surface area contributed by atoms with Crippen LogP contribution < -0.4 is 10.1 Å². The number of carbonyl (C=O) groups excluding carboxylic acids is 2. The third kappa shape index (κ3) is 3.74. The average molecular weight is 419 g/mol. The first-order valence-corrected chi connectivity index (χ1v) is 9.77. The standard InChI is InChI=1S/C22H22N6O3/c1-14-8-10-15(11-9-14)13-28-18-19(26(2)22(31)27(3)20(18)30)24-21(28)25-23-12-16-6-4-5-7-17(16)29/h4-12,18H,13H2,1-3H3,(H,23,29)/p+1. The first kappa shape index (κ1) is 20.2. The summed E-state index contributed by atoms with van der Waals surface area (Å²) in [6, 6.07) is 13.6. The number of likely N-dealkylation sites (N-methyl/N-ethyl adjacent to an activating group) is 2. The van der Waals surface area contributed by atoms with Crippen LogP contribution in [0.15, 0.2) is 53.6 Å². The van der Waals surface area contributed by atoms with Crippen molar-refractivity contribution >= 4 is 29.9 Å². The smallest absolute Gasteiger partial charge is 0.421 e. The molecule has 0 spiro atoms. The van der Waals surface area contributed by atoms with Crippen molar-refractivity contribution in [3.05, 3.63) is 65.2 Å². The summed E-state index contributed by atoms with van der Waals surface area (Å²) >= 11 is 0. The van der Waals surface area contributed by atoms with Crippen LogP contribution in [0.2, 0.25) is 0 Å². The number of phenolic OH excluding ortho intramolecular Hbond substituents is 1. The van der Waals surface area contributed by atoms with E-state index in [2.05, 4.69) is 15.2 Å². The van der Waals surface area contributed by atoms with Crippen LogP contribution in [0.5, 0.6) is 5.75 Å². The molecule has 0 aromatic heterocycles. The maximum atomic E-state index is 12.9. The van der Waals surface area contributed by atoms with Crippen molar-refractivity contribution in [2.45, 2.75) is 19.5 Å². The molecule has 4 rings (SSSR count). The van der Waals surface area contributed by atoms with E-state index in [4.69, 9.17) is 0 Å². The number of para-hydroxylation sites is 1. The van der Waals surface area contributed by atoms with Crippen LogP contribution >= 0.6 is 0 Å². The highest BCUT2D eigenvalue weighted by molar-refractivity contribution is 6.23. The molecular weight excluding hydrogens is 396 g/mol. The van der Waals surface area contributed by atoms with Crippen LogP contribution in [0.3, 0.4) is 0 Å². The fourth-order valence-electron chi connectivity index (χ4n) is 3.50. The van der Waals surface area contributed by atoms with Gasteiger partial charge in [-0.15, -0.1) is 5.10 Å². The Morgan fingerprint density at radius 3 is 2.52 bits per heavy atom. The Labute approximate surface area is 179 Å². The van der Waals surface area contributed by atoms with Crippen molar-refractivity contribution < 1.29 is 14.7 Å². The highest BCUT2D eigenvalue weighted by atomic mass is 16.3. The molecule has 2 N–H and O–H groups in total. The monoisotopic (exact) mass is 419 g/mol. The summed E-state index contributed by atoms with van der Waals surface area (Å²) in [4.78, 5) is 29.6. The summed E-state index contributed by atoms with van der Waals surface area (Å²) < 4.78 is 4.50. The summed E-state index contributed by atoms with van der Waals surface area (Å²) in [5, 5.41) is 14.1. The summed E-state index contributed by atoms with van der Waals surface area (Å²) in [5.74, 6) is 0.439. The van der Waals surface area contributed by atoms with E-state index in [0.717, 1.165) is 16.0 Å². The first-order valence-electron chi connectivity index (χ1n) is 9.77. The molecule has 3 amide bonds. The van der Waals surface area contributed by atoms with E-state index in [1.165, 1.54) is 18.2 Å². The predicted octanol–water partition coefficient (Wildman–Crippen LogP) is 0.854. The van der Waals surface area contributed by atoms with Gasteiger partial charge in [0.05, 0.1) is 19.8 Å². The Kier molecular flexibility index (Phi) is 5.19. The molecule has 158 valence electrons. The molecule has 2 aliphatic heterocycles. The van der Waals surface area contributed by atoms with Crippen molar-refractivity contribution in [1.29, 1.82) is 0 Å². The van der Waals surface area contributed by atoms with Gasteiger partial charge in [-0.25, -0.2) is 19.3 Å². The number of guanidine groups is 1. The summed E-state index contributed by atoms with van der Waals surface area (Å²) in [6.45, 7) is 2.40. The van der Waals surface area contributed by atoms with Crippen molar-refractivity contribution in [3.8, 4) is 5.75 Å². The van der Waals surface area contributed by atoms with Crippen LogP contribution in [-0.4, -0.2) is 69.9 Å². The van der Waals surface area contributed by atoms with Crippen molar-refractivity contribution in [2.75, 3.05) is 14.1 Å². The number of amides is 3. The third-order valence-electron chi connectivity index (χ3n) is 5.31. The number of aryl methyl sites for hydroxylation is 1.